The van der Waals surface area contributed by atoms with Gasteiger partial charge in [0.05, 0.1) is 26.4 Å². The second-order valence-corrected chi connectivity index (χ2v) is 4.62. The van der Waals surface area contributed by atoms with Gasteiger partial charge >= 0.3 is 0 Å². The van der Waals surface area contributed by atoms with Gasteiger partial charge in [-0.3, -0.25) is 4.99 Å². The lowest BCUT2D eigenvalue weighted by molar-refractivity contribution is 0.0497. The zero-order valence-electron chi connectivity index (χ0n) is 14.4. The number of ether oxygens (including phenoxy) is 2. The van der Waals surface area contributed by atoms with Gasteiger partial charge in [-0.2, -0.15) is 0 Å². The maximum atomic E-state index is 5.49. The maximum absolute atomic E-state index is 5.49. The third-order valence-electron chi connectivity index (χ3n) is 2.70. The number of aliphatic imine (C=N–C) groups is 1. The highest BCUT2D eigenvalue weighted by Gasteiger charge is 1.95. The Labute approximate surface area is 153 Å². The molecule has 0 atom stereocenters. The molecule has 0 amide bonds. The minimum absolute atomic E-state index is 0. The smallest absolute Gasteiger partial charge is 0.191 e. The molecule has 2 N–H and O–H groups in total. The molecule has 132 valence electrons. The second kappa shape index (κ2) is 20.7. The molecule has 0 saturated carbocycles. The molecule has 0 saturated heterocycles. The monoisotopic (exact) mass is 427 g/mol. The Bertz CT molecular complexity index is 274. The van der Waals surface area contributed by atoms with Crippen LogP contribution in [0, 0.1) is 0 Å². The lowest BCUT2D eigenvalue weighted by Crippen LogP contribution is -2.38. The van der Waals surface area contributed by atoms with Crippen molar-refractivity contribution >= 4 is 29.9 Å². The van der Waals surface area contributed by atoms with Crippen molar-refractivity contribution in [1.82, 2.24) is 10.6 Å². The third-order valence-corrected chi connectivity index (χ3v) is 2.70. The van der Waals surface area contributed by atoms with E-state index in [2.05, 4.69) is 41.6 Å². The summed E-state index contributed by atoms with van der Waals surface area (Å²) in [5.41, 5.74) is 0. The zero-order chi connectivity index (χ0) is 15.6. The van der Waals surface area contributed by atoms with Gasteiger partial charge in [0.1, 0.15) is 0 Å². The topological polar surface area (TPSA) is 54.9 Å². The van der Waals surface area contributed by atoms with Crippen molar-refractivity contribution in [2.45, 2.75) is 40.0 Å². The van der Waals surface area contributed by atoms with E-state index >= 15 is 0 Å². The molecule has 0 spiro atoms. The largest absolute Gasteiger partial charge is 0.379 e. The van der Waals surface area contributed by atoms with Crippen molar-refractivity contribution in [2.75, 3.05) is 46.1 Å². The van der Waals surface area contributed by atoms with Gasteiger partial charge in [0.2, 0.25) is 0 Å². The van der Waals surface area contributed by atoms with Gasteiger partial charge < -0.3 is 20.1 Å². The second-order valence-electron chi connectivity index (χ2n) is 4.62. The highest BCUT2D eigenvalue weighted by molar-refractivity contribution is 14.0. The van der Waals surface area contributed by atoms with Crippen molar-refractivity contribution in [1.29, 1.82) is 0 Å². The summed E-state index contributed by atoms with van der Waals surface area (Å²) in [6, 6.07) is 0. The molecule has 0 bridgehead atoms. The van der Waals surface area contributed by atoms with E-state index in [1.165, 1.54) is 6.42 Å². The van der Waals surface area contributed by atoms with Crippen molar-refractivity contribution in [3.63, 3.8) is 0 Å². The first-order valence-corrected chi connectivity index (χ1v) is 8.13. The molecule has 0 aromatic heterocycles. The number of nitrogens with zero attached hydrogens (tertiary/aromatic N) is 1. The number of rotatable bonds is 13. The standard InChI is InChI=1S/C16H33N3O2.HI/c1-4-7-9-10-18-16(17-6-3)19-11-13-21-15-14-20-12-8-5-2;/h4,7H,5-6,8-15H2,1-3H3,(H2,17,18,19);1H/b7-4+;. The number of allylic oxidation sites excluding steroid dienone is 1. The number of guanidine groups is 1. The van der Waals surface area contributed by atoms with Crippen LogP contribution < -0.4 is 10.6 Å². The fourth-order valence-corrected chi connectivity index (χ4v) is 1.57. The predicted molar refractivity (Wildman–Crippen MR) is 105 cm³/mol. The van der Waals surface area contributed by atoms with Crippen LogP contribution in [-0.4, -0.2) is 52.0 Å². The fourth-order valence-electron chi connectivity index (χ4n) is 1.57. The summed E-state index contributed by atoms with van der Waals surface area (Å²) in [4.78, 5) is 4.46. The Hall–Kier alpha value is -0.340. The molecule has 0 fully saturated rings. The third kappa shape index (κ3) is 17.7. The molecule has 22 heavy (non-hydrogen) atoms. The van der Waals surface area contributed by atoms with Crippen LogP contribution in [0.2, 0.25) is 0 Å². The van der Waals surface area contributed by atoms with E-state index in [1.807, 2.05) is 6.92 Å². The first kappa shape index (κ1) is 23.9. The van der Waals surface area contributed by atoms with E-state index < -0.39 is 0 Å². The first-order chi connectivity index (χ1) is 10.3. The van der Waals surface area contributed by atoms with Crippen molar-refractivity contribution in [3.05, 3.63) is 12.2 Å². The molecule has 0 unspecified atom stereocenters. The molecule has 0 aromatic carbocycles. The van der Waals surface area contributed by atoms with Crippen LogP contribution in [0.4, 0.5) is 0 Å². The van der Waals surface area contributed by atoms with Crippen LogP contribution >= 0.6 is 24.0 Å². The highest BCUT2D eigenvalue weighted by atomic mass is 127. The number of nitrogens with one attached hydrogen (secondary N) is 2. The number of halogens is 1. The molecule has 0 aliphatic rings. The predicted octanol–water partition coefficient (Wildman–Crippen LogP) is 2.96. The fraction of sp³-hybridized carbons (Fsp3) is 0.812. The SMILES string of the molecule is C/C=C/CCNC(=NCCOCCOCCCC)NCC.I. The highest BCUT2D eigenvalue weighted by Crippen LogP contribution is 1.88. The minimum atomic E-state index is 0. The van der Waals surface area contributed by atoms with E-state index in [1.54, 1.807) is 0 Å². The molecule has 0 aliphatic carbocycles. The first-order valence-electron chi connectivity index (χ1n) is 8.13. The Kier molecular flexibility index (Phi) is 22.5. The molecule has 0 heterocycles. The quantitative estimate of drug-likeness (QED) is 0.156. The zero-order valence-corrected chi connectivity index (χ0v) is 16.7. The van der Waals surface area contributed by atoms with Crippen molar-refractivity contribution < 1.29 is 9.47 Å². The van der Waals surface area contributed by atoms with E-state index in [4.69, 9.17) is 9.47 Å². The number of unbranched alkanes of at least 4 members (excludes halogenated alkanes) is 1. The Morgan fingerprint density at radius 3 is 2.41 bits per heavy atom. The van der Waals surface area contributed by atoms with Crippen molar-refractivity contribution in [2.24, 2.45) is 4.99 Å². The molecule has 0 rings (SSSR count). The molecule has 5 nitrogen and oxygen atoms in total. The van der Waals surface area contributed by atoms with E-state index in [0.717, 1.165) is 38.5 Å². The molecule has 0 radical (unpaired) electrons. The van der Waals surface area contributed by atoms with Crippen LogP contribution in [0.15, 0.2) is 17.1 Å². The summed E-state index contributed by atoms with van der Waals surface area (Å²) in [6.45, 7) is 11.4. The maximum Gasteiger partial charge on any atom is 0.191 e. The van der Waals surface area contributed by atoms with Gasteiger partial charge in [0.15, 0.2) is 5.96 Å². The lowest BCUT2D eigenvalue weighted by atomic mass is 10.4. The van der Waals surface area contributed by atoms with E-state index in [9.17, 15) is 0 Å². The van der Waals surface area contributed by atoms with Gasteiger partial charge in [-0.25, -0.2) is 0 Å². The van der Waals surface area contributed by atoms with E-state index in [-0.39, 0.29) is 24.0 Å². The minimum Gasteiger partial charge on any atom is -0.379 e. The van der Waals surface area contributed by atoms with E-state index in [0.29, 0.717) is 26.4 Å². The molecular weight excluding hydrogens is 393 g/mol. The van der Waals surface area contributed by atoms with Crippen LogP contribution in [0.5, 0.6) is 0 Å². The average Bonchev–Trinajstić information content (AvgIpc) is 2.49. The van der Waals surface area contributed by atoms with Crippen LogP contribution in [0.3, 0.4) is 0 Å². The van der Waals surface area contributed by atoms with Crippen LogP contribution in [0.25, 0.3) is 0 Å². The van der Waals surface area contributed by atoms with Crippen LogP contribution in [0.1, 0.15) is 40.0 Å². The molecule has 6 heteroatoms. The number of hydrogen-bond donors (Lipinski definition) is 2. The average molecular weight is 427 g/mol. The van der Waals surface area contributed by atoms with Gasteiger partial charge in [-0.1, -0.05) is 25.5 Å². The summed E-state index contributed by atoms with van der Waals surface area (Å²) >= 11 is 0. The van der Waals surface area contributed by atoms with Gasteiger partial charge in [0, 0.05) is 19.7 Å². The molecule has 0 aromatic rings. The normalized spacial score (nSPS) is 11.5. The van der Waals surface area contributed by atoms with Gasteiger partial charge in [0.25, 0.3) is 0 Å². The van der Waals surface area contributed by atoms with Crippen molar-refractivity contribution in [3.8, 4) is 0 Å². The summed E-state index contributed by atoms with van der Waals surface area (Å²) in [5.74, 6) is 0.852. The Morgan fingerprint density at radius 1 is 1.05 bits per heavy atom. The lowest BCUT2D eigenvalue weighted by Gasteiger charge is -2.10. The molecular formula is C16H34IN3O2. The summed E-state index contributed by atoms with van der Waals surface area (Å²) < 4.78 is 10.9. The Morgan fingerprint density at radius 2 is 1.77 bits per heavy atom. The Balaban J connectivity index is 0. The molecule has 0 aliphatic heterocycles. The van der Waals surface area contributed by atoms with Crippen LogP contribution in [-0.2, 0) is 9.47 Å². The van der Waals surface area contributed by atoms with Gasteiger partial charge in [-0.15, -0.1) is 24.0 Å². The summed E-state index contributed by atoms with van der Waals surface area (Å²) in [7, 11) is 0. The van der Waals surface area contributed by atoms with Gasteiger partial charge in [-0.05, 0) is 26.7 Å². The number of hydrogen-bond acceptors (Lipinski definition) is 3. The summed E-state index contributed by atoms with van der Waals surface area (Å²) in [5, 5.41) is 6.51. The summed E-state index contributed by atoms with van der Waals surface area (Å²) in [6.07, 6.45) is 7.49.